The van der Waals surface area contributed by atoms with Gasteiger partial charge in [0.2, 0.25) is 0 Å². The van der Waals surface area contributed by atoms with E-state index in [-0.39, 0.29) is 11.8 Å². The smallest absolute Gasteiger partial charge is 0.277 e. The monoisotopic (exact) mass is 426 g/mol. The molecule has 1 aromatic carbocycles. The van der Waals surface area contributed by atoms with Gasteiger partial charge in [0.05, 0.1) is 18.8 Å². The minimum absolute atomic E-state index is 0.141. The first kappa shape index (κ1) is 22.0. The third-order valence-corrected chi connectivity index (χ3v) is 6.67. The summed E-state index contributed by atoms with van der Waals surface area (Å²) >= 11 is 0. The zero-order valence-corrected chi connectivity index (χ0v) is 19.0. The predicted molar refractivity (Wildman–Crippen MR) is 121 cm³/mol. The number of aryl methyl sites for hydroxylation is 2. The SMILES string of the molecule is CCN1CCN(C2=C(c3ccc(C)cc3C)C(=O)N(CCN3CCOCC3)C2=O)CC1. The fraction of sp³-hybridized carbons (Fsp3) is 0.583. The Hall–Kier alpha value is -2.22. The van der Waals surface area contributed by atoms with Crippen molar-refractivity contribution >= 4 is 17.4 Å². The third-order valence-electron chi connectivity index (χ3n) is 6.67. The van der Waals surface area contributed by atoms with Crippen molar-refractivity contribution < 1.29 is 14.3 Å². The maximum Gasteiger partial charge on any atom is 0.277 e. The number of rotatable bonds is 6. The Morgan fingerprint density at radius 2 is 1.58 bits per heavy atom. The number of piperazine rings is 1. The molecule has 0 spiro atoms. The van der Waals surface area contributed by atoms with E-state index in [0.29, 0.717) is 37.6 Å². The lowest BCUT2D eigenvalue weighted by Crippen LogP contribution is -2.48. The molecule has 4 rings (SSSR count). The van der Waals surface area contributed by atoms with Gasteiger partial charge in [-0.15, -0.1) is 0 Å². The number of imide groups is 1. The van der Waals surface area contributed by atoms with Crippen LogP contribution >= 0.6 is 0 Å². The highest BCUT2D eigenvalue weighted by Crippen LogP contribution is 2.34. The quantitative estimate of drug-likeness (QED) is 0.640. The number of nitrogens with zero attached hydrogens (tertiary/aromatic N) is 4. The molecule has 0 radical (unpaired) electrons. The molecular weight excluding hydrogens is 392 g/mol. The van der Waals surface area contributed by atoms with Gasteiger partial charge in [-0.3, -0.25) is 19.4 Å². The van der Waals surface area contributed by atoms with E-state index in [1.807, 2.05) is 26.0 Å². The summed E-state index contributed by atoms with van der Waals surface area (Å²) in [5.41, 5.74) is 4.24. The zero-order valence-electron chi connectivity index (χ0n) is 19.0. The molecule has 1 aromatic rings. The maximum atomic E-state index is 13.6. The van der Waals surface area contributed by atoms with Crippen LogP contribution in [0.15, 0.2) is 23.9 Å². The van der Waals surface area contributed by atoms with Gasteiger partial charge in [-0.25, -0.2) is 0 Å². The summed E-state index contributed by atoms with van der Waals surface area (Å²) in [6.07, 6.45) is 0. The van der Waals surface area contributed by atoms with E-state index < -0.39 is 0 Å². The van der Waals surface area contributed by atoms with Crippen molar-refractivity contribution in [1.82, 2.24) is 19.6 Å². The normalized spacial score (nSPS) is 21.5. The Bertz CT molecular complexity index is 868. The molecule has 0 bridgehead atoms. The fourth-order valence-corrected chi connectivity index (χ4v) is 4.75. The number of likely N-dealkylation sites (N-methyl/N-ethyl adjacent to an activating group) is 1. The molecular formula is C24H34N4O3. The highest BCUT2D eigenvalue weighted by atomic mass is 16.5. The van der Waals surface area contributed by atoms with Crippen molar-refractivity contribution in [2.24, 2.45) is 0 Å². The molecule has 3 aliphatic heterocycles. The van der Waals surface area contributed by atoms with Crippen molar-refractivity contribution in [1.29, 1.82) is 0 Å². The maximum absolute atomic E-state index is 13.6. The minimum atomic E-state index is -0.155. The summed E-state index contributed by atoms with van der Waals surface area (Å²) in [4.78, 5) is 35.4. The largest absolute Gasteiger partial charge is 0.379 e. The molecule has 7 heteroatoms. The first-order valence-corrected chi connectivity index (χ1v) is 11.4. The van der Waals surface area contributed by atoms with E-state index >= 15 is 0 Å². The minimum Gasteiger partial charge on any atom is -0.379 e. The van der Waals surface area contributed by atoms with Gasteiger partial charge in [0.25, 0.3) is 11.8 Å². The molecule has 7 nitrogen and oxygen atoms in total. The molecule has 31 heavy (non-hydrogen) atoms. The second-order valence-corrected chi connectivity index (χ2v) is 8.68. The van der Waals surface area contributed by atoms with Crippen LogP contribution in [0.4, 0.5) is 0 Å². The number of morpholine rings is 1. The van der Waals surface area contributed by atoms with E-state index in [9.17, 15) is 9.59 Å². The van der Waals surface area contributed by atoms with Crippen LogP contribution in [0.25, 0.3) is 5.57 Å². The van der Waals surface area contributed by atoms with E-state index in [2.05, 4.69) is 27.7 Å². The molecule has 0 unspecified atom stereocenters. The lowest BCUT2D eigenvalue weighted by Gasteiger charge is -2.36. The average molecular weight is 427 g/mol. The van der Waals surface area contributed by atoms with E-state index in [0.717, 1.165) is 62.5 Å². The van der Waals surface area contributed by atoms with Gasteiger partial charge >= 0.3 is 0 Å². The highest BCUT2D eigenvalue weighted by Gasteiger charge is 2.42. The van der Waals surface area contributed by atoms with Crippen LogP contribution in [0.2, 0.25) is 0 Å². The molecule has 168 valence electrons. The summed E-state index contributed by atoms with van der Waals surface area (Å²) in [7, 11) is 0. The lowest BCUT2D eigenvalue weighted by molar-refractivity contribution is -0.138. The van der Waals surface area contributed by atoms with Crippen molar-refractivity contribution in [3.63, 3.8) is 0 Å². The van der Waals surface area contributed by atoms with Gasteiger partial charge < -0.3 is 14.5 Å². The molecule has 0 aliphatic carbocycles. The third kappa shape index (κ3) is 4.54. The number of hydrogen-bond donors (Lipinski definition) is 0. The number of carbonyl (C=O) groups excluding carboxylic acids is 2. The molecule has 3 heterocycles. The summed E-state index contributed by atoms with van der Waals surface area (Å²) in [6, 6.07) is 6.11. The highest BCUT2D eigenvalue weighted by molar-refractivity contribution is 6.35. The van der Waals surface area contributed by atoms with Crippen LogP contribution in [-0.2, 0) is 14.3 Å². The topological polar surface area (TPSA) is 56.3 Å². The van der Waals surface area contributed by atoms with Crippen molar-refractivity contribution in [2.45, 2.75) is 20.8 Å². The predicted octanol–water partition coefficient (Wildman–Crippen LogP) is 1.35. The van der Waals surface area contributed by atoms with Gasteiger partial charge in [0, 0.05) is 52.4 Å². The fourth-order valence-electron chi connectivity index (χ4n) is 4.75. The van der Waals surface area contributed by atoms with Gasteiger partial charge in [-0.1, -0.05) is 30.7 Å². The Morgan fingerprint density at radius 1 is 0.871 bits per heavy atom. The van der Waals surface area contributed by atoms with Crippen LogP contribution in [0.3, 0.4) is 0 Å². The number of benzene rings is 1. The van der Waals surface area contributed by atoms with Gasteiger partial charge in [0.15, 0.2) is 0 Å². The first-order chi connectivity index (χ1) is 15.0. The van der Waals surface area contributed by atoms with Crippen molar-refractivity contribution in [2.75, 3.05) is 72.1 Å². The number of hydrogen-bond acceptors (Lipinski definition) is 6. The van der Waals surface area contributed by atoms with E-state index in [1.54, 1.807) is 0 Å². The Balaban J connectivity index is 1.62. The summed E-state index contributed by atoms with van der Waals surface area (Å²) in [6.45, 7) is 14.8. The second-order valence-electron chi connectivity index (χ2n) is 8.68. The van der Waals surface area contributed by atoms with Crippen LogP contribution in [-0.4, -0.2) is 104 Å². The molecule has 2 saturated heterocycles. The van der Waals surface area contributed by atoms with Crippen LogP contribution in [0, 0.1) is 13.8 Å². The molecule has 3 aliphatic rings. The van der Waals surface area contributed by atoms with Crippen LogP contribution in [0.5, 0.6) is 0 Å². The van der Waals surface area contributed by atoms with Crippen LogP contribution < -0.4 is 0 Å². The average Bonchev–Trinajstić information content (AvgIpc) is 3.02. The first-order valence-electron chi connectivity index (χ1n) is 11.4. The lowest BCUT2D eigenvalue weighted by atomic mass is 9.97. The molecule has 0 N–H and O–H groups in total. The Labute approximate surface area is 185 Å². The van der Waals surface area contributed by atoms with Crippen LogP contribution in [0.1, 0.15) is 23.6 Å². The van der Waals surface area contributed by atoms with Gasteiger partial charge in [-0.05, 0) is 31.5 Å². The zero-order chi connectivity index (χ0) is 22.0. The Morgan fingerprint density at radius 3 is 2.23 bits per heavy atom. The number of carbonyl (C=O) groups is 2. The molecule has 2 amide bonds. The number of amides is 2. The Kier molecular flexibility index (Phi) is 6.74. The molecule has 0 aromatic heterocycles. The van der Waals surface area contributed by atoms with Gasteiger partial charge in [0.1, 0.15) is 5.70 Å². The van der Waals surface area contributed by atoms with E-state index in [1.165, 1.54) is 4.90 Å². The second kappa shape index (κ2) is 9.51. The standard InChI is InChI=1S/C24H34N4O3/c1-4-25-7-10-27(11-8-25)22-21(20-6-5-18(2)17-19(20)3)23(29)28(24(22)30)12-9-26-13-15-31-16-14-26/h5-6,17H,4,7-16H2,1-3H3. The molecule has 0 atom stereocenters. The van der Waals surface area contributed by atoms with Crippen molar-refractivity contribution in [3.8, 4) is 0 Å². The number of ether oxygens (including phenoxy) is 1. The summed E-state index contributed by atoms with van der Waals surface area (Å²) in [5, 5.41) is 0. The summed E-state index contributed by atoms with van der Waals surface area (Å²) in [5.74, 6) is -0.295. The molecule has 2 fully saturated rings. The van der Waals surface area contributed by atoms with E-state index in [4.69, 9.17) is 4.74 Å². The molecule has 0 saturated carbocycles. The van der Waals surface area contributed by atoms with Gasteiger partial charge in [-0.2, -0.15) is 0 Å². The van der Waals surface area contributed by atoms with Crippen molar-refractivity contribution in [3.05, 3.63) is 40.6 Å². The summed E-state index contributed by atoms with van der Waals surface area (Å²) < 4.78 is 5.42.